The Morgan fingerprint density at radius 1 is 1.12 bits per heavy atom. The van der Waals surface area contributed by atoms with Gasteiger partial charge in [-0.2, -0.15) is 0 Å². The lowest BCUT2D eigenvalue weighted by molar-refractivity contribution is -0.121. The van der Waals surface area contributed by atoms with E-state index in [0.29, 0.717) is 10.7 Å². The average Bonchev–Trinajstić information content (AvgIpc) is 2.61. The number of carbonyl (C=O) groups excluding carboxylic acids is 1. The van der Waals surface area contributed by atoms with E-state index in [1.165, 1.54) is 23.5 Å². The van der Waals surface area contributed by atoms with Crippen LogP contribution in [0.25, 0.3) is 0 Å². The minimum absolute atomic E-state index is 0.0470. The van der Waals surface area contributed by atoms with Crippen LogP contribution in [0.15, 0.2) is 53.4 Å². The second-order valence-electron chi connectivity index (χ2n) is 6.15. The molecule has 1 unspecified atom stereocenters. The summed E-state index contributed by atoms with van der Waals surface area (Å²) in [6.45, 7) is 3.97. The first kappa shape index (κ1) is 20.3. The van der Waals surface area contributed by atoms with Crippen LogP contribution in [0.1, 0.15) is 25.8 Å². The zero-order chi connectivity index (χ0) is 19.3. The topological polar surface area (TPSA) is 66.5 Å². The molecule has 0 aromatic heterocycles. The van der Waals surface area contributed by atoms with Crippen LogP contribution < -0.4 is 9.62 Å². The van der Waals surface area contributed by atoms with E-state index in [1.54, 1.807) is 36.4 Å². The van der Waals surface area contributed by atoms with Gasteiger partial charge in [-0.25, -0.2) is 8.42 Å². The number of nitrogens with one attached hydrogen (secondary N) is 1. The zero-order valence-corrected chi connectivity index (χ0v) is 16.6. The molecule has 2 aromatic rings. The molecule has 5 nitrogen and oxygen atoms in total. The third kappa shape index (κ3) is 4.99. The molecule has 0 bridgehead atoms. The standard InChI is InChI=1S/C19H23ClN2O3S/c1-4-14(2)21-19(23)13-15-5-9-17(10-6-15)22(3)26(24,25)18-11-7-16(20)8-12-18/h5-12,14H,4,13H2,1-3H3,(H,21,23). The van der Waals surface area contributed by atoms with E-state index in [4.69, 9.17) is 11.6 Å². The molecule has 7 heteroatoms. The summed E-state index contributed by atoms with van der Waals surface area (Å²) in [6, 6.07) is 13.1. The van der Waals surface area contributed by atoms with Crippen molar-refractivity contribution in [3.8, 4) is 0 Å². The summed E-state index contributed by atoms with van der Waals surface area (Å²) in [5.41, 5.74) is 1.35. The lowest BCUT2D eigenvalue weighted by Gasteiger charge is -2.20. The summed E-state index contributed by atoms with van der Waals surface area (Å²) in [5.74, 6) is -0.0470. The monoisotopic (exact) mass is 394 g/mol. The zero-order valence-electron chi connectivity index (χ0n) is 15.1. The van der Waals surface area contributed by atoms with Crippen LogP contribution in [0.5, 0.6) is 0 Å². The average molecular weight is 395 g/mol. The lowest BCUT2D eigenvalue weighted by Crippen LogP contribution is -2.33. The van der Waals surface area contributed by atoms with Crippen LogP contribution in [0.3, 0.4) is 0 Å². The van der Waals surface area contributed by atoms with Crippen molar-refractivity contribution >= 4 is 33.2 Å². The number of benzene rings is 2. The van der Waals surface area contributed by atoms with Crippen LogP contribution in [-0.2, 0) is 21.2 Å². The highest BCUT2D eigenvalue weighted by Gasteiger charge is 2.21. The minimum atomic E-state index is -3.67. The molecule has 0 radical (unpaired) electrons. The smallest absolute Gasteiger partial charge is 0.264 e. The van der Waals surface area contributed by atoms with Gasteiger partial charge in [0.25, 0.3) is 10.0 Å². The summed E-state index contributed by atoms with van der Waals surface area (Å²) in [4.78, 5) is 12.1. The van der Waals surface area contributed by atoms with Gasteiger partial charge in [0, 0.05) is 18.1 Å². The first-order chi connectivity index (χ1) is 12.2. The molecule has 0 aliphatic heterocycles. The van der Waals surface area contributed by atoms with E-state index in [9.17, 15) is 13.2 Å². The van der Waals surface area contributed by atoms with E-state index in [2.05, 4.69) is 5.32 Å². The number of halogens is 1. The number of amides is 1. The largest absolute Gasteiger partial charge is 0.353 e. The first-order valence-corrected chi connectivity index (χ1v) is 10.2. The number of rotatable bonds is 7. The maximum atomic E-state index is 12.7. The van der Waals surface area contributed by atoms with Gasteiger partial charge in [-0.3, -0.25) is 9.10 Å². The van der Waals surface area contributed by atoms with Crippen LogP contribution in [0, 0.1) is 0 Å². The van der Waals surface area contributed by atoms with Crippen molar-refractivity contribution in [2.24, 2.45) is 0 Å². The summed E-state index contributed by atoms with van der Waals surface area (Å²) in [5, 5.41) is 3.39. The van der Waals surface area contributed by atoms with Gasteiger partial charge in [-0.05, 0) is 55.3 Å². The molecule has 0 aliphatic carbocycles. The van der Waals surface area contributed by atoms with Crippen molar-refractivity contribution in [2.45, 2.75) is 37.6 Å². The Bertz CT molecular complexity index is 849. The molecule has 2 rings (SSSR count). The van der Waals surface area contributed by atoms with E-state index in [-0.39, 0.29) is 23.3 Å². The van der Waals surface area contributed by atoms with E-state index in [1.807, 2.05) is 13.8 Å². The van der Waals surface area contributed by atoms with Gasteiger partial charge in [0.15, 0.2) is 0 Å². The normalized spacial score (nSPS) is 12.5. The van der Waals surface area contributed by atoms with Gasteiger partial charge in [0.05, 0.1) is 17.0 Å². The van der Waals surface area contributed by atoms with Gasteiger partial charge in [0.2, 0.25) is 5.91 Å². The van der Waals surface area contributed by atoms with Crippen LogP contribution in [0.2, 0.25) is 5.02 Å². The van der Waals surface area contributed by atoms with Gasteiger partial charge in [-0.15, -0.1) is 0 Å². The Labute approximate surface area is 160 Å². The summed E-state index contributed by atoms with van der Waals surface area (Å²) >= 11 is 5.82. The van der Waals surface area contributed by atoms with Crippen LogP contribution in [0.4, 0.5) is 5.69 Å². The Balaban J connectivity index is 2.12. The van der Waals surface area contributed by atoms with Crippen LogP contribution in [-0.4, -0.2) is 27.4 Å². The third-order valence-corrected chi connectivity index (χ3v) is 6.21. The molecule has 0 aliphatic rings. The Morgan fingerprint density at radius 2 is 1.69 bits per heavy atom. The Hall–Kier alpha value is -2.05. The molecule has 26 heavy (non-hydrogen) atoms. The van der Waals surface area contributed by atoms with Crippen molar-refractivity contribution < 1.29 is 13.2 Å². The number of carbonyl (C=O) groups is 1. The third-order valence-electron chi connectivity index (χ3n) is 4.16. The Kier molecular flexibility index (Phi) is 6.67. The SMILES string of the molecule is CCC(C)NC(=O)Cc1ccc(N(C)S(=O)(=O)c2ccc(Cl)cc2)cc1. The fourth-order valence-electron chi connectivity index (χ4n) is 2.34. The van der Waals surface area contributed by atoms with E-state index >= 15 is 0 Å². The summed E-state index contributed by atoms with van der Waals surface area (Å²) in [7, 11) is -2.17. The molecule has 0 heterocycles. The second kappa shape index (κ2) is 8.56. The van der Waals surface area contributed by atoms with Gasteiger partial charge >= 0.3 is 0 Å². The number of nitrogens with zero attached hydrogens (tertiary/aromatic N) is 1. The van der Waals surface area contributed by atoms with E-state index in [0.717, 1.165) is 12.0 Å². The summed E-state index contributed by atoms with van der Waals surface area (Å²) in [6.07, 6.45) is 1.14. The molecule has 1 amide bonds. The molecule has 1 atom stereocenters. The van der Waals surface area contributed by atoms with Gasteiger partial charge < -0.3 is 5.32 Å². The highest BCUT2D eigenvalue weighted by molar-refractivity contribution is 7.92. The molecule has 0 spiro atoms. The van der Waals surface area contributed by atoms with E-state index < -0.39 is 10.0 Å². The highest BCUT2D eigenvalue weighted by Crippen LogP contribution is 2.23. The molecule has 0 saturated carbocycles. The predicted molar refractivity (Wildman–Crippen MR) is 105 cm³/mol. The van der Waals surface area contributed by atoms with Gasteiger partial charge in [0.1, 0.15) is 0 Å². The molecule has 1 N–H and O–H groups in total. The van der Waals surface area contributed by atoms with Crippen molar-refractivity contribution in [1.82, 2.24) is 5.32 Å². The fraction of sp³-hybridized carbons (Fsp3) is 0.316. The number of hydrogen-bond acceptors (Lipinski definition) is 3. The number of anilines is 1. The molecular weight excluding hydrogens is 372 g/mol. The minimum Gasteiger partial charge on any atom is -0.353 e. The Morgan fingerprint density at radius 3 is 2.23 bits per heavy atom. The molecule has 2 aromatic carbocycles. The number of hydrogen-bond donors (Lipinski definition) is 1. The highest BCUT2D eigenvalue weighted by atomic mass is 35.5. The summed E-state index contributed by atoms with van der Waals surface area (Å²) < 4.78 is 26.6. The quantitative estimate of drug-likeness (QED) is 0.779. The van der Waals surface area contributed by atoms with Crippen molar-refractivity contribution in [1.29, 1.82) is 0 Å². The van der Waals surface area contributed by atoms with Crippen LogP contribution >= 0.6 is 11.6 Å². The van der Waals surface area contributed by atoms with Gasteiger partial charge in [-0.1, -0.05) is 30.7 Å². The molecular formula is C19H23ClN2O3S. The lowest BCUT2D eigenvalue weighted by atomic mass is 10.1. The molecule has 140 valence electrons. The maximum absolute atomic E-state index is 12.7. The molecule has 0 fully saturated rings. The van der Waals surface area contributed by atoms with Crippen molar-refractivity contribution in [3.05, 3.63) is 59.1 Å². The van der Waals surface area contributed by atoms with Crippen molar-refractivity contribution in [3.63, 3.8) is 0 Å². The first-order valence-electron chi connectivity index (χ1n) is 8.37. The second-order valence-corrected chi connectivity index (χ2v) is 8.55. The number of sulfonamides is 1. The molecule has 0 saturated heterocycles. The fourth-order valence-corrected chi connectivity index (χ4v) is 3.66. The van der Waals surface area contributed by atoms with Crippen molar-refractivity contribution in [2.75, 3.05) is 11.4 Å². The predicted octanol–water partition coefficient (Wildman–Crippen LogP) is 3.62. The maximum Gasteiger partial charge on any atom is 0.264 e.